The second-order valence-electron chi connectivity index (χ2n) is 9.00. The number of ether oxygens (including phenoxy) is 1. The molecule has 9 nitrogen and oxygen atoms in total. The smallest absolute Gasteiger partial charge is 0.273 e. The summed E-state index contributed by atoms with van der Waals surface area (Å²) in [6.07, 6.45) is 5.62. The van der Waals surface area contributed by atoms with Crippen molar-refractivity contribution in [3.63, 3.8) is 0 Å². The molecule has 0 saturated heterocycles. The van der Waals surface area contributed by atoms with Crippen LogP contribution in [0.3, 0.4) is 0 Å². The molecular weight excluding hydrogens is 394 g/mol. The highest BCUT2D eigenvalue weighted by Crippen LogP contribution is 2.37. The zero-order valence-corrected chi connectivity index (χ0v) is 18.4. The lowest BCUT2D eigenvalue weighted by molar-refractivity contribution is 0.0995. The van der Waals surface area contributed by atoms with Gasteiger partial charge in [0, 0.05) is 24.5 Å². The van der Waals surface area contributed by atoms with Crippen molar-refractivity contribution in [1.82, 2.24) is 20.5 Å². The van der Waals surface area contributed by atoms with E-state index < -0.39 is 5.91 Å². The molecule has 1 amide bonds. The fraction of sp³-hybridized carbons (Fsp3) is 0.545. The fourth-order valence-corrected chi connectivity index (χ4v) is 4.48. The van der Waals surface area contributed by atoms with Crippen LogP contribution in [0.25, 0.3) is 0 Å². The van der Waals surface area contributed by atoms with E-state index in [-0.39, 0.29) is 23.1 Å². The first-order valence-corrected chi connectivity index (χ1v) is 10.9. The summed E-state index contributed by atoms with van der Waals surface area (Å²) in [5.41, 5.74) is 8.77. The van der Waals surface area contributed by atoms with Gasteiger partial charge in [0.2, 0.25) is 5.95 Å². The number of nitrogens with zero attached hydrogens (tertiary/aromatic N) is 3. The molecule has 0 bridgehead atoms. The number of carbonyl (C=O) groups is 1. The van der Waals surface area contributed by atoms with Gasteiger partial charge in [-0.05, 0) is 36.1 Å². The molecule has 0 spiro atoms. The maximum absolute atomic E-state index is 11.8. The van der Waals surface area contributed by atoms with Gasteiger partial charge in [0.15, 0.2) is 11.5 Å². The Balaban J connectivity index is 1.64. The van der Waals surface area contributed by atoms with Crippen LogP contribution in [-0.4, -0.2) is 40.8 Å². The first-order chi connectivity index (χ1) is 14.9. The van der Waals surface area contributed by atoms with Crippen molar-refractivity contribution in [3.05, 3.63) is 29.0 Å². The van der Waals surface area contributed by atoms with Crippen LogP contribution in [0.5, 0.6) is 5.75 Å². The number of rotatable bonds is 6. The molecule has 4 rings (SSSR count). The van der Waals surface area contributed by atoms with Crippen molar-refractivity contribution in [3.8, 4) is 5.75 Å². The van der Waals surface area contributed by atoms with Crippen LogP contribution < -0.4 is 26.4 Å². The summed E-state index contributed by atoms with van der Waals surface area (Å²) in [6, 6.07) is 4.38. The molecular formula is C22H31N7O2. The Morgan fingerprint density at radius 2 is 2.00 bits per heavy atom. The van der Waals surface area contributed by atoms with E-state index in [1.807, 2.05) is 0 Å². The Bertz CT molecular complexity index is 971. The second-order valence-corrected chi connectivity index (χ2v) is 9.00. The predicted octanol–water partition coefficient (Wildman–Crippen LogP) is 2.85. The number of aromatic nitrogens is 3. The Morgan fingerprint density at radius 1 is 1.23 bits per heavy atom. The van der Waals surface area contributed by atoms with Gasteiger partial charge in [-0.3, -0.25) is 4.79 Å². The average Bonchev–Trinajstić information content (AvgIpc) is 2.74. The highest BCUT2D eigenvalue weighted by Gasteiger charge is 2.29. The van der Waals surface area contributed by atoms with Gasteiger partial charge in [-0.15, -0.1) is 10.2 Å². The zero-order valence-electron chi connectivity index (χ0n) is 18.4. The van der Waals surface area contributed by atoms with E-state index in [2.05, 4.69) is 57.1 Å². The summed E-state index contributed by atoms with van der Waals surface area (Å²) in [7, 11) is 1.65. The van der Waals surface area contributed by atoms with E-state index >= 15 is 0 Å². The maximum atomic E-state index is 11.8. The normalized spacial score (nSPS) is 18.2. The number of carbonyl (C=O) groups excluding carboxylic acids is 1. The lowest BCUT2D eigenvalue weighted by Crippen LogP contribution is -2.38. The van der Waals surface area contributed by atoms with Gasteiger partial charge >= 0.3 is 0 Å². The second kappa shape index (κ2) is 8.66. The molecule has 0 unspecified atom stereocenters. The van der Waals surface area contributed by atoms with Crippen molar-refractivity contribution < 1.29 is 9.53 Å². The number of nitrogens with two attached hydrogens (primary N) is 1. The number of fused-ring (bicyclic) bond motifs is 1. The summed E-state index contributed by atoms with van der Waals surface area (Å²) in [5.74, 6) is 0.712. The van der Waals surface area contributed by atoms with Gasteiger partial charge in [-0.25, -0.2) is 0 Å². The molecule has 0 atom stereocenters. The highest BCUT2D eigenvalue weighted by atomic mass is 16.5. The Kier molecular flexibility index (Phi) is 5.95. The Labute approximate surface area is 182 Å². The van der Waals surface area contributed by atoms with E-state index in [1.165, 1.54) is 17.5 Å². The number of anilines is 3. The standard InChI is InChI=1S/C22H31N7O2/c1-22(2)12-24-11-13-9-16(17(31-3)10-15(13)22)26-21-27-20(18(19(23)30)28-29-21)25-14-7-5-4-6-8-14/h9-10,14,24H,4-8,11-12H2,1-3H3,(H2,23,30)(H2,25,26,27,29). The van der Waals surface area contributed by atoms with Crippen LogP contribution in [0.2, 0.25) is 0 Å². The minimum atomic E-state index is -0.649. The minimum Gasteiger partial charge on any atom is -0.495 e. The molecule has 1 aliphatic carbocycles. The molecule has 9 heteroatoms. The van der Waals surface area contributed by atoms with Crippen LogP contribution in [0, 0.1) is 0 Å². The van der Waals surface area contributed by atoms with Crippen LogP contribution in [0.15, 0.2) is 12.1 Å². The summed E-state index contributed by atoms with van der Waals surface area (Å²) in [5, 5.41) is 18.1. The van der Waals surface area contributed by atoms with Crippen molar-refractivity contribution in [1.29, 1.82) is 0 Å². The van der Waals surface area contributed by atoms with Crippen molar-refractivity contribution in [2.24, 2.45) is 5.73 Å². The number of amides is 1. The van der Waals surface area contributed by atoms with Crippen LogP contribution in [-0.2, 0) is 12.0 Å². The molecule has 1 aliphatic heterocycles. The largest absolute Gasteiger partial charge is 0.495 e. The zero-order chi connectivity index (χ0) is 22.0. The molecule has 2 heterocycles. The van der Waals surface area contributed by atoms with Crippen LogP contribution in [0.4, 0.5) is 17.5 Å². The molecule has 2 aromatic rings. The number of primary amides is 1. The molecule has 1 saturated carbocycles. The molecule has 1 aromatic carbocycles. The molecule has 166 valence electrons. The van der Waals surface area contributed by atoms with Crippen molar-refractivity contribution in [2.75, 3.05) is 24.3 Å². The van der Waals surface area contributed by atoms with Gasteiger partial charge in [-0.1, -0.05) is 33.1 Å². The number of hydrogen-bond donors (Lipinski definition) is 4. The third-order valence-electron chi connectivity index (χ3n) is 6.15. The first-order valence-electron chi connectivity index (χ1n) is 10.9. The number of benzene rings is 1. The summed E-state index contributed by atoms with van der Waals surface area (Å²) >= 11 is 0. The number of hydrogen-bond acceptors (Lipinski definition) is 8. The third-order valence-corrected chi connectivity index (χ3v) is 6.15. The van der Waals surface area contributed by atoms with E-state index in [0.29, 0.717) is 11.6 Å². The molecule has 2 aliphatic rings. The quantitative estimate of drug-likeness (QED) is 0.556. The Morgan fingerprint density at radius 3 is 2.71 bits per heavy atom. The van der Waals surface area contributed by atoms with Gasteiger partial charge < -0.3 is 26.4 Å². The predicted molar refractivity (Wildman–Crippen MR) is 120 cm³/mol. The monoisotopic (exact) mass is 425 g/mol. The minimum absolute atomic E-state index is 0.0116. The van der Waals surface area contributed by atoms with Crippen molar-refractivity contribution >= 4 is 23.4 Å². The molecule has 5 N–H and O–H groups in total. The van der Waals surface area contributed by atoms with Gasteiger partial charge in [0.25, 0.3) is 5.91 Å². The fourth-order valence-electron chi connectivity index (χ4n) is 4.48. The number of nitrogens with one attached hydrogen (secondary N) is 3. The van der Waals surface area contributed by atoms with E-state index in [0.717, 1.165) is 44.5 Å². The first kappa shape index (κ1) is 21.3. The summed E-state index contributed by atoms with van der Waals surface area (Å²) in [6.45, 7) is 6.12. The van der Waals surface area contributed by atoms with Gasteiger partial charge in [0.1, 0.15) is 5.75 Å². The summed E-state index contributed by atoms with van der Waals surface area (Å²) < 4.78 is 5.64. The molecule has 1 fully saturated rings. The van der Waals surface area contributed by atoms with Crippen molar-refractivity contribution in [2.45, 2.75) is 64.0 Å². The van der Waals surface area contributed by atoms with Crippen LogP contribution in [0.1, 0.15) is 67.6 Å². The van der Waals surface area contributed by atoms with E-state index in [4.69, 9.17) is 10.5 Å². The van der Waals surface area contributed by atoms with Gasteiger partial charge in [-0.2, -0.15) is 4.98 Å². The van der Waals surface area contributed by atoms with E-state index in [1.54, 1.807) is 7.11 Å². The van der Waals surface area contributed by atoms with Crippen LogP contribution >= 0.6 is 0 Å². The maximum Gasteiger partial charge on any atom is 0.273 e. The topological polar surface area (TPSA) is 127 Å². The van der Waals surface area contributed by atoms with Gasteiger partial charge in [0.05, 0.1) is 12.8 Å². The lowest BCUT2D eigenvalue weighted by Gasteiger charge is -2.34. The average molecular weight is 426 g/mol. The lowest BCUT2D eigenvalue weighted by atomic mass is 9.79. The Hall–Kier alpha value is -2.94. The highest BCUT2D eigenvalue weighted by molar-refractivity contribution is 5.95. The summed E-state index contributed by atoms with van der Waals surface area (Å²) in [4.78, 5) is 16.4. The van der Waals surface area contributed by atoms with E-state index in [9.17, 15) is 4.79 Å². The molecule has 1 aromatic heterocycles. The molecule has 31 heavy (non-hydrogen) atoms. The third kappa shape index (κ3) is 4.56. The SMILES string of the molecule is COc1cc2c(cc1Nc1nnc(C(N)=O)c(NC3CCCCC3)n1)CNCC2(C)C. The molecule has 0 radical (unpaired) electrons. The number of methoxy groups -OCH3 is 1.